The monoisotopic (exact) mass is 280 g/mol. The van der Waals surface area contributed by atoms with Gasteiger partial charge >= 0.3 is 0 Å². The molecule has 0 unspecified atom stereocenters. The summed E-state index contributed by atoms with van der Waals surface area (Å²) < 4.78 is 6.71. The summed E-state index contributed by atoms with van der Waals surface area (Å²) >= 11 is 0. The molecule has 0 amide bonds. The first-order valence-corrected chi connectivity index (χ1v) is 10.2. The van der Waals surface area contributed by atoms with Crippen molar-refractivity contribution in [3.8, 4) is 0 Å². The molecule has 2 aromatic carbocycles. The number of rotatable bonds is 1. The largest absolute Gasteiger partial charge is 0.409 e. The van der Waals surface area contributed by atoms with Gasteiger partial charge in [-0.2, -0.15) is 0 Å². The summed E-state index contributed by atoms with van der Waals surface area (Å²) in [6.45, 7) is 2.39. The Hall–Kier alpha value is -1.38. The molecule has 2 heteroatoms. The van der Waals surface area contributed by atoms with Gasteiger partial charge in [-0.15, -0.1) is 0 Å². The van der Waals surface area contributed by atoms with Crippen LogP contribution in [-0.2, 0) is 10.8 Å². The average Bonchev–Trinajstić information content (AvgIpc) is 2.85. The summed E-state index contributed by atoms with van der Waals surface area (Å²) in [4.78, 5) is 0. The van der Waals surface area contributed by atoms with Crippen LogP contribution in [0.4, 0.5) is 0 Å². The van der Waals surface area contributed by atoms with E-state index in [0.29, 0.717) is 12.0 Å². The highest BCUT2D eigenvalue weighted by Gasteiger charge is 2.45. The third-order valence-corrected chi connectivity index (χ3v) is 8.67. The van der Waals surface area contributed by atoms with Gasteiger partial charge in [0.15, 0.2) is 0 Å². The first-order valence-electron chi connectivity index (χ1n) is 7.57. The predicted molar refractivity (Wildman–Crippen MR) is 84.9 cm³/mol. The maximum atomic E-state index is 6.71. The van der Waals surface area contributed by atoms with Gasteiger partial charge in [-0.1, -0.05) is 54.6 Å². The standard InChI is InChI=1S/C18H20OSi/c1-20(15-8-3-2-4-9-15)12-11-17-16-10-6-5-7-14(16)13-18(17)19-20/h2-10,17-18H,11-13H2,1H3/t17-,18+,20-/m1/s1. The van der Waals surface area contributed by atoms with Gasteiger partial charge in [0, 0.05) is 5.92 Å². The van der Waals surface area contributed by atoms with Crippen LogP contribution in [0.25, 0.3) is 0 Å². The van der Waals surface area contributed by atoms with Crippen molar-refractivity contribution in [2.45, 2.75) is 37.5 Å². The third-order valence-electron chi connectivity index (χ3n) is 5.05. The highest BCUT2D eigenvalue weighted by Crippen LogP contribution is 2.44. The summed E-state index contributed by atoms with van der Waals surface area (Å²) in [6, 6.07) is 21.1. The van der Waals surface area contributed by atoms with E-state index in [2.05, 4.69) is 61.1 Å². The van der Waals surface area contributed by atoms with Crippen molar-refractivity contribution in [1.29, 1.82) is 0 Å². The Morgan fingerprint density at radius 2 is 1.75 bits per heavy atom. The van der Waals surface area contributed by atoms with E-state index >= 15 is 0 Å². The van der Waals surface area contributed by atoms with Gasteiger partial charge in [-0.25, -0.2) is 0 Å². The molecular weight excluding hydrogens is 260 g/mol. The zero-order chi connectivity index (χ0) is 13.6. The van der Waals surface area contributed by atoms with Crippen LogP contribution in [0, 0.1) is 0 Å². The molecule has 1 heterocycles. The van der Waals surface area contributed by atoms with E-state index in [1.165, 1.54) is 23.2 Å². The van der Waals surface area contributed by atoms with E-state index in [4.69, 9.17) is 4.43 Å². The van der Waals surface area contributed by atoms with Gasteiger partial charge in [0.25, 0.3) is 0 Å². The molecule has 1 aliphatic heterocycles. The average molecular weight is 280 g/mol. The van der Waals surface area contributed by atoms with E-state index in [1.54, 1.807) is 5.56 Å². The molecule has 102 valence electrons. The van der Waals surface area contributed by atoms with Crippen LogP contribution in [0.2, 0.25) is 12.6 Å². The first kappa shape index (κ1) is 12.4. The van der Waals surface area contributed by atoms with Crippen LogP contribution < -0.4 is 5.19 Å². The molecule has 1 aliphatic carbocycles. The molecule has 3 atom stereocenters. The fourth-order valence-corrected chi connectivity index (χ4v) is 7.15. The highest BCUT2D eigenvalue weighted by atomic mass is 28.4. The lowest BCUT2D eigenvalue weighted by Crippen LogP contribution is -2.53. The summed E-state index contributed by atoms with van der Waals surface area (Å²) in [6.07, 6.45) is 2.81. The van der Waals surface area contributed by atoms with Gasteiger partial charge in [0.05, 0.1) is 6.10 Å². The Kier molecular flexibility index (Phi) is 2.83. The smallest absolute Gasteiger partial charge is 0.221 e. The van der Waals surface area contributed by atoms with Crippen molar-refractivity contribution in [1.82, 2.24) is 0 Å². The van der Waals surface area contributed by atoms with Crippen LogP contribution in [0.3, 0.4) is 0 Å². The van der Waals surface area contributed by atoms with Crippen LogP contribution in [0.5, 0.6) is 0 Å². The molecular formula is C18H20OSi. The lowest BCUT2D eigenvalue weighted by Gasteiger charge is -2.39. The summed E-state index contributed by atoms with van der Waals surface area (Å²) in [7, 11) is -1.74. The van der Waals surface area contributed by atoms with Crippen LogP contribution >= 0.6 is 0 Å². The molecule has 2 aromatic rings. The molecule has 4 rings (SSSR count). The minimum atomic E-state index is -1.74. The third kappa shape index (κ3) is 1.86. The van der Waals surface area contributed by atoms with E-state index in [-0.39, 0.29) is 0 Å². The lowest BCUT2D eigenvalue weighted by atomic mass is 9.97. The molecule has 0 radical (unpaired) electrons. The lowest BCUT2D eigenvalue weighted by molar-refractivity contribution is 0.153. The maximum Gasteiger partial charge on any atom is 0.221 e. The van der Waals surface area contributed by atoms with Crippen LogP contribution in [0.15, 0.2) is 54.6 Å². The van der Waals surface area contributed by atoms with Crippen LogP contribution in [-0.4, -0.2) is 14.4 Å². The minimum Gasteiger partial charge on any atom is -0.409 e. The van der Waals surface area contributed by atoms with Crippen molar-refractivity contribution < 1.29 is 4.43 Å². The van der Waals surface area contributed by atoms with Crippen molar-refractivity contribution in [3.05, 3.63) is 65.7 Å². The number of hydrogen-bond acceptors (Lipinski definition) is 1. The molecule has 0 bridgehead atoms. The second-order valence-electron chi connectivity index (χ2n) is 6.30. The Labute approximate surface area is 121 Å². The SMILES string of the molecule is C[Si@]1(c2ccccc2)CC[C@@H]2c3ccccc3C[C@@H]2O1. The Balaban J connectivity index is 1.64. The fraction of sp³-hybridized carbons (Fsp3) is 0.333. The quantitative estimate of drug-likeness (QED) is 0.725. The normalized spacial score (nSPS) is 31.6. The van der Waals surface area contributed by atoms with E-state index < -0.39 is 8.32 Å². The molecule has 2 aliphatic rings. The van der Waals surface area contributed by atoms with Crippen molar-refractivity contribution in [2.24, 2.45) is 0 Å². The Bertz CT molecular complexity index is 624. The summed E-state index contributed by atoms with van der Waals surface area (Å²) in [5.41, 5.74) is 3.05. The topological polar surface area (TPSA) is 9.23 Å². The van der Waals surface area contributed by atoms with Crippen LogP contribution in [0.1, 0.15) is 23.5 Å². The van der Waals surface area contributed by atoms with E-state index in [1.807, 2.05) is 0 Å². The fourth-order valence-electron chi connectivity index (χ4n) is 3.93. The molecule has 0 saturated carbocycles. The van der Waals surface area contributed by atoms with Gasteiger partial charge in [-0.3, -0.25) is 0 Å². The number of benzene rings is 2. The minimum absolute atomic E-state index is 0.415. The molecule has 0 aromatic heterocycles. The van der Waals surface area contributed by atoms with Gasteiger partial charge in [-0.05, 0) is 41.7 Å². The summed E-state index contributed by atoms with van der Waals surface area (Å²) in [5.74, 6) is 0.635. The predicted octanol–water partition coefficient (Wildman–Crippen LogP) is 3.60. The Morgan fingerprint density at radius 1 is 1.00 bits per heavy atom. The molecule has 0 spiro atoms. The first-order chi connectivity index (χ1) is 9.76. The summed E-state index contributed by atoms with van der Waals surface area (Å²) in [5, 5.41) is 1.45. The van der Waals surface area contributed by atoms with Crippen molar-refractivity contribution in [2.75, 3.05) is 0 Å². The van der Waals surface area contributed by atoms with E-state index in [0.717, 1.165) is 6.42 Å². The van der Waals surface area contributed by atoms with Crippen molar-refractivity contribution in [3.63, 3.8) is 0 Å². The molecule has 0 N–H and O–H groups in total. The molecule has 20 heavy (non-hydrogen) atoms. The second-order valence-corrected chi connectivity index (χ2v) is 10.1. The number of hydrogen-bond donors (Lipinski definition) is 0. The highest BCUT2D eigenvalue weighted by molar-refractivity contribution is 6.85. The zero-order valence-corrected chi connectivity index (χ0v) is 12.9. The molecule has 1 fully saturated rings. The van der Waals surface area contributed by atoms with Gasteiger partial charge < -0.3 is 4.43 Å². The van der Waals surface area contributed by atoms with Gasteiger partial charge in [0.2, 0.25) is 8.32 Å². The maximum absolute atomic E-state index is 6.71. The van der Waals surface area contributed by atoms with Gasteiger partial charge in [0.1, 0.15) is 0 Å². The van der Waals surface area contributed by atoms with E-state index in [9.17, 15) is 0 Å². The molecule has 1 saturated heterocycles. The zero-order valence-electron chi connectivity index (χ0n) is 11.9. The molecule has 1 nitrogen and oxygen atoms in total. The second kappa shape index (κ2) is 4.57. The Morgan fingerprint density at radius 3 is 2.60 bits per heavy atom. The van der Waals surface area contributed by atoms with Crippen molar-refractivity contribution >= 4 is 13.5 Å². The number of fused-ring (bicyclic) bond motifs is 3.